The van der Waals surface area contributed by atoms with Gasteiger partial charge in [0.1, 0.15) is 0 Å². The number of hydrogen-bond donors (Lipinski definition) is 0. The number of allylic oxidation sites excluding steroid dienone is 4. The Morgan fingerprint density at radius 3 is 1.38 bits per heavy atom. The molecule has 0 amide bonds. The Balaban J connectivity index is 0.000000273. The summed E-state index contributed by atoms with van der Waals surface area (Å²) < 4.78 is 8.19. The molecular formula is C17H15O3V-. The van der Waals surface area contributed by atoms with Crippen molar-refractivity contribution in [3.05, 3.63) is 85.0 Å². The van der Waals surface area contributed by atoms with Crippen molar-refractivity contribution in [1.29, 1.82) is 0 Å². The number of rotatable bonds is 0. The molecule has 0 bridgehead atoms. The van der Waals surface area contributed by atoms with E-state index in [-0.39, 0.29) is 11.5 Å². The van der Waals surface area contributed by atoms with E-state index in [0.717, 1.165) is 23.8 Å². The van der Waals surface area contributed by atoms with Crippen molar-refractivity contribution in [2.24, 2.45) is 0 Å². The molecule has 3 nitrogen and oxygen atoms in total. The summed E-state index contributed by atoms with van der Waals surface area (Å²) in [6.45, 7) is 0. The predicted molar refractivity (Wildman–Crippen MR) is 74.0 cm³/mol. The summed E-state index contributed by atoms with van der Waals surface area (Å²) in [6, 6.07) is 16.7. The maximum atomic E-state index is 10.3. The van der Waals surface area contributed by atoms with E-state index in [0.29, 0.717) is 0 Å². The molecule has 0 saturated carbocycles. The van der Waals surface area contributed by atoms with Crippen LogP contribution in [-0.2, 0) is 21.0 Å². The van der Waals surface area contributed by atoms with Crippen molar-refractivity contribution < 1.29 is 31.3 Å². The summed E-state index contributed by atoms with van der Waals surface area (Å²) >= 11 is 1.06. The summed E-state index contributed by atoms with van der Waals surface area (Å²) in [6.07, 6.45) is 10.0. The Hall–Kier alpha value is -2.10. The first-order valence-corrected chi connectivity index (χ1v) is 6.70. The Morgan fingerprint density at radius 1 is 0.810 bits per heavy atom. The quantitative estimate of drug-likeness (QED) is 0.702. The summed E-state index contributed by atoms with van der Waals surface area (Å²) in [4.78, 5) is 0. The van der Waals surface area contributed by atoms with Crippen LogP contribution in [0.5, 0.6) is 11.5 Å². The van der Waals surface area contributed by atoms with Crippen molar-refractivity contribution in [2.75, 3.05) is 0 Å². The minimum atomic E-state index is 0.0718. The van der Waals surface area contributed by atoms with Crippen LogP contribution in [0.25, 0.3) is 0 Å². The van der Waals surface area contributed by atoms with Gasteiger partial charge in [0.05, 0.1) is 0 Å². The van der Waals surface area contributed by atoms with E-state index < -0.39 is 0 Å². The minimum absolute atomic E-state index is 0.0718. The van der Waals surface area contributed by atoms with Gasteiger partial charge in [-0.2, -0.15) is 6.08 Å². The van der Waals surface area contributed by atoms with Crippen LogP contribution < -0.4 is 10.2 Å². The Labute approximate surface area is 134 Å². The van der Waals surface area contributed by atoms with Crippen molar-refractivity contribution in [3.63, 3.8) is 0 Å². The fourth-order valence-corrected chi connectivity index (χ4v) is 1.18. The summed E-state index contributed by atoms with van der Waals surface area (Å²) in [5, 5.41) is 20.5. The second-order valence-corrected chi connectivity index (χ2v) is 3.63. The van der Waals surface area contributed by atoms with Crippen molar-refractivity contribution >= 4 is 0 Å². The summed E-state index contributed by atoms with van der Waals surface area (Å²) in [7, 11) is 0. The molecule has 0 saturated heterocycles. The molecule has 2 aromatic rings. The molecule has 2 aromatic carbocycles. The van der Waals surface area contributed by atoms with E-state index in [1.54, 1.807) is 24.3 Å². The molecule has 0 N–H and O–H groups in total. The number of hydrogen-bond acceptors (Lipinski definition) is 3. The third-order valence-electron chi connectivity index (χ3n) is 2.07. The van der Waals surface area contributed by atoms with Crippen LogP contribution in [0.2, 0.25) is 0 Å². The SMILES string of the molecule is [C-]1=CC=CC1.[O-]c1ccccc1.[O-]c1ccccc1.[O]=[V+2]. The first-order chi connectivity index (χ1) is 10.3. The van der Waals surface area contributed by atoms with Gasteiger partial charge in [0.2, 0.25) is 0 Å². The second-order valence-electron chi connectivity index (χ2n) is 3.63. The number of benzene rings is 2. The van der Waals surface area contributed by atoms with Crippen LogP contribution in [0, 0.1) is 6.08 Å². The van der Waals surface area contributed by atoms with Gasteiger partial charge in [0, 0.05) is 0 Å². The van der Waals surface area contributed by atoms with Gasteiger partial charge >= 0.3 is 21.0 Å². The zero-order chi connectivity index (χ0) is 15.8. The van der Waals surface area contributed by atoms with Crippen molar-refractivity contribution in [2.45, 2.75) is 6.42 Å². The second kappa shape index (κ2) is 14.3. The van der Waals surface area contributed by atoms with Crippen molar-refractivity contribution in [3.8, 4) is 11.5 Å². The van der Waals surface area contributed by atoms with Gasteiger partial charge in [-0.05, 0) is 0 Å². The molecule has 4 heteroatoms. The van der Waals surface area contributed by atoms with Gasteiger partial charge in [-0.15, -0.1) is 17.9 Å². The molecule has 0 aromatic heterocycles. The molecule has 0 aliphatic heterocycles. The van der Waals surface area contributed by atoms with Gasteiger partial charge < -0.3 is 10.2 Å². The maximum absolute atomic E-state index is 10.3. The van der Waals surface area contributed by atoms with Crippen molar-refractivity contribution in [1.82, 2.24) is 0 Å². The molecule has 0 atom stereocenters. The van der Waals surface area contributed by atoms with E-state index in [9.17, 15) is 10.2 Å². The van der Waals surface area contributed by atoms with Gasteiger partial charge in [-0.1, -0.05) is 60.7 Å². The van der Waals surface area contributed by atoms with Crippen LogP contribution in [0.1, 0.15) is 6.42 Å². The Kier molecular flexibility index (Phi) is 12.9. The molecule has 1 aliphatic rings. The summed E-state index contributed by atoms with van der Waals surface area (Å²) in [5.74, 6) is 0.144. The monoisotopic (exact) mass is 318 g/mol. The van der Waals surface area contributed by atoms with Crippen LogP contribution in [0.3, 0.4) is 0 Å². The third-order valence-corrected chi connectivity index (χ3v) is 2.07. The van der Waals surface area contributed by atoms with Gasteiger partial charge in [0.25, 0.3) is 0 Å². The predicted octanol–water partition coefficient (Wildman–Crippen LogP) is 2.70. The van der Waals surface area contributed by atoms with Crippen LogP contribution in [0.15, 0.2) is 78.9 Å². The van der Waals surface area contributed by atoms with Crippen LogP contribution >= 0.6 is 0 Å². The van der Waals surface area contributed by atoms with E-state index in [4.69, 9.17) is 3.67 Å². The molecule has 1 aliphatic carbocycles. The molecule has 0 radical (unpaired) electrons. The molecule has 21 heavy (non-hydrogen) atoms. The van der Waals surface area contributed by atoms with E-state index in [2.05, 4.69) is 12.2 Å². The zero-order valence-corrected chi connectivity index (χ0v) is 12.8. The third kappa shape index (κ3) is 12.7. The normalized spacial score (nSPS) is 10.2. The first kappa shape index (κ1) is 18.9. The molecular weight excluding hydrogens is 303 g/mol. The standard InChI is InChI=1S/2C6H6O.C5H5.O.V/c2*7-6-4-2-1-3-5-6;1-2-4-5-3-1;;/h2*1-5,7H;1-3H,4H2;;/q;;-1;;+2/p-2. The number of para-hydroxylation sites is 2. The topological polar surface area (TPSA) is 63.2 Å². The van der Waals surface area contributed by atoms with Gasteiger partial charge in [-0.3, -0.25) is 6.08 Å². The molecule has 0 unspecified atom stereocenters. The van der Waals surface area contributed by atoms with Gasteiger partial charge in [-0.25, -0.2) is 12.2 Å². The van der Waals surface area contributed by atoms with E-state index >= 15 is 0 Å². The average Bonchev–Trinajstić information content (AvgIpc) is 3.11. The molecule has 0 fully saturated rings. The average molecular weight is 318 g/mol. The Bertz CT molecular complexity index is 463. The fourth-order valence-electron chi connectivity index (χ4n) is 1.18. The van der Waals surface area contributed by atoms with Crippen LogP contribution in [-0.4, -0.2) is 0 Å². The zero-order valence-electron chi connectivity index (χ0n) is 11.4. The Morgan fingerprint density at radius 2 is 1.24 bits per heavy atom. The van der Waals surface area contributed by atoms with E-state index in [1.165, 1.54) is 24.3 Å². The molecule has 3 rings (SSSR count). The fraction of sp³-hybridized carbons (Fsp3) is 0.0588. The summed E-state index contributed by atoms with van der Waals surface area (Å²) in [5.41, 5.74) is 0. The molecule has 0 heterocycles. The van der Waals surface area contributed by atoms with Crippen LogP contribution in [0.4, 0.5) is 0 Å². The first-order valence-electron chi connectivity index (χ1n) is 6.13. The van der Waals surface area contributed by atoms with Gasteiger partial charge in [0.15, 0.2) is 0 Å². The molecule has 107 valence electrons. The molecule has 0 spiro atoms. The van der Waals surface area contributed by atoms with E-state index in [1.807, 2.05) is 24.3 Å².